The normalized spacial score (nSPS) is 10.7. The summed E-state index contributed by atoms with van der Waals surface area (Å²) in [6, 6.07) is 7.80. The first-order valence-corrected chi connectivity index (χ1v) is 6.58. The first-order valence-electron chi connectivity index (χ1n) is 6.58. The van der Waals surface area contributed by atoms with E-state index in [2.05, 4.69) is 17.2 Å². The van der Waals surface area contributed by atoms with Crippen molar-refractivity contribution in [3.05, 3.63) is 35.7 Å². The third kappa shape index (κ3) is 2.76. The zero-order valence-corrected chi connectivity index (χ0v) is 11.5. The Morgan fingerprint density at radius 1 is 1.32 bits per heavy atom. The summed E-state index contributed by atoms with van der Waals surface area (Å²) in [5, 5.41) is 8.40. The van der Waals surface area contributed by atoms with Crippen LogP contribution in [0, 0.1) is 0 Å². The van der Waals surface area contributed by atoms with Gasteiger partial charge < -0.3 is 10.5 Å². The molecule has 0 spiro atoms. The van der Waals surface area contributed by atoms with Gasteiger partial charge in [0.15, 0.2) is 0 Å². The van der Waals surface area contributed by atoms with Crippen molar-refractivity contribution in [1.82, 2.24) is 15.0 Å². The molecule has 0 aliphatic rings. The van der Waals surface area contributed by atoms with Crippen LogP contribution in [0.1, 0.15) is 31.2 Å². The number of nitrogens with two attached hydrogens (primary N) is 1. The summed E-state index contributed by atoms with van der Waals surface area (Å²) in [6.07, 6.45) is 3.14. The lowest BCUT2D eigenvalue weighted by atomic mass is 10.1. The summed E-state index contributed by atoms with van der Waals surface area (Å²) in [5.41, 5.74) is 8.58. The van der Waals surface area contributed by atoms with Gasteiger partial charge in [-0.05, 0) is 25.0 Å². The second-order valence-corrected chi connectivity index (χ2v) is 4.37. The van der Waals surface area contributed by atoms with Crippen molar-refractivity contribution in [2.45, 2.75) is 32.7 Å². The van der Waals surface area contributed by atoms with Crippen LogP contribution in [-0.4, -0.2) is 22.1 Å². The number of ether oxygens (including phenoxy) is 1. The van der Waals surface area contributed by atoms with Crippen LogP contribution >= 0.6 is 0 Å². The highest BCUT2D eigenvalue weighted by Gasteiger charge is 2.15. The van der Waals surface area contributed by atoms with Gasteiger partial charge in [0.25, 0.3) is 0 Å². The van der Waals surface area contributed by atoms with Crippen LogP contribution in [-0.2, 0) is 13.0 Å². The molecule has 1 aromatic heterocycles. The predicted molar refractivity (Wildman–Crippen MR) is 74.4 cm³/mol. The van der Waals surface area contributed by atoms with Crippen molar-refractivity contribution in [2.75, 3.05) is 7.11 Å². The molecule has 1 heterocycles. The lowest BCUT2D eigenvalue weighted by Gasteiger charge is -2.11. The molecule has 0 fully saturated rings. The van der Waals surface area contributed by atoms with Gasteiger partial charge in [0.1, 0.15) is 11.4 Å². The van der Waals surface area contributed by atoms with Crippen LogP contribution in [0.3, 0.4) is 0 Å². The maximum atomic E-state index is 5.74. The number of hydrogen-bond donors (Lipinski definition) is 1. The topological polar surface area (TPSA) is 66.0 Å². The SMILES string of the molecule is CCCCc1c(CN)nnn1-c1ccccc1OC. The minimum absolute atomic E-state index is 0.411. The van der Waals surface area contributed by atoms with Crippen molar-refractivity contribution < 1.29 is 4.74 Å². The molecule has 0 saturated carbocycles. The van der Waals surface area contributed by atoms with Gasteiger partial charge >= 0.3 is 0 Å². The summed E-state index contributed by atoms with van der Waals surface area (Å²) in [7, 11) is 1.66. The number of rotatable bonds is 6. The number of unbranched alkanes of at least 4 members (excludes halogenated alkanes) is 1. The van der Waals surface area contributed by atoms with E-state index in [1.807, 2.05) is 28.9 Å². The molecule has 2 rings (SSSR count). The third-order valence-corrected chi connectivity index (χ3v) is 3.12. The molecule has 19 heavy (non-hydrogen) atoms. The molecule has 0 unspecified atom stereocenters. The number of para-hydroxylation sites is 2. The fourth-order valence-electron chi connectivity index (χ4n) is 2.08. The van der Waals surface area contributed by atoms with Crippen LogP contribution < -0.4 is 10.5 Å². The van der Waals surface area contributed by atoms with Gasteiger partial charge in [0.05, 0.1) is 18.5 Å². The van der Waals surface area contributed by atoms with E-state index >= 15 is 0 Å². The van der Waals surface area contributed by atoms with Crippen LogP contribution in [0.25, 0.3) is 5.69 Å². The molecule has 0 atom stereocenters. The average Bonchev–Trinajstić information content (AvgIpc) is 2.87. The molecule has 0 amide bonds. The summed E-state index contributed by atoms with van der Waals surface area (Å²) in [4.78, 5) is 0. The first kappa shape index (κ1) is 13.5. The van der Waals surface area contributed by atoms with Crippen LogP contribution in [0.15, 0.2) is 24.3 Å². The molecular formula is C14H20N4O. The van der Waals surface area contributed by atoms with E-state index in [-0.39, 0.29) is 0 Å². The van der Waals surface area contributed by atoms with Crippen molar-refractivity contribution in [1.29, 1.82) is 0 Å². The standard InChI is InChI=1S/C14H20N4O/c1-3-4-7-12-11(10-15)16-17-18(12)13-8-5-6-9-14(13)19-2/h5-6,8-9H,3-4,7,10,15H2,1-2H3. The third-order valence-electron chi connectivity index (χ3n) is 3.12. The average molecular weight is 260 g/mol. The molecule has 0 aliphatic heterocycles. The highest BCUT2D eigenvalue weighted by atomic mass is 16.5. The number of hydrogen-bond acceptors (Lipinski definition) is 4. The smallest absolute Gasteiger partial charge is 0.144 e. The minimum atomic E-state index is 0.411. The van der Waals surface area contributed by atoms with Crippen LogP contribution in [0.5, 0.6) is 5.75 Å². The lowest BCUT2D eigenvalue weighted by molar-refractivity contribution is 0.411. The van der Waals surface area contributed by atoms with E-state index in [0.717, 1.165) is 42.1 Å². The fraction of sp³-hybridized carbons (Fsp3) is 0.429. The van der Waals surface area contributed by atoms with E-state index in [4.69, 9.17) is 10.5 Å². The summed E-state index contributed by atoms with van der Waals surface area (Å²) >= 11 is 0. The van der Waals surface area contributed by atoms with Gasteiger partial charge in [0.2, 0.25) is 0 Å². The monoisotopic (exact) mass is 260 g/mol. The van der Waals surface area contributed by atoms with Crippen LogP contribution in [0.4, 0.5) is 0 Å². The van der Waals surface area contributed by atoms with Gasteiger partial charge in [-0.25, -0.2) is 4.68 Å². The Morgan fingerprint density at radius 3 is 2.79 bits per heavy atom. The van der Waals surface area contributed by atoms with Gasteiger partial charge in [-0.3, -0.25) is 0 Å². The van der Waals surface area contributed by atoms with E-state index < -0.39 is 0 Å². The van der Waals surface area contributed by atoms with Crippen molar-refractivity contribution >= 4 is 0 Å². The van der Waals surface area contributed by atoms with Crippen LogP contribution in [0.2, 0.25) is 0 Å². The Bertz CT molecular complexity index is 536. The quantitative estimate of drug-likeness (QED) is 0.863. The number of nitrogens with zero attached hydrogens (tertiary/aromatic N) is 3. The van der Waals surface area contributed by atoms with Gasteiger partial charge in [0, 0.05) is 6.54 Å². The Morgan fingerprint density at radius 2 is 2.11 bits per heavy atom. The van der Waals surface area contributed by atoms with E-state index in [1.54, 1.807) is 7.11 Å². The van der Waals surface area contributed by atoms with Gasteiger partial charge in [-0.1, -0.05) is 30.7 Å². The highest BCUT2D eigenvalue weighted by Crippen LogP contribution is 2.24. The largest absolute Gasteiger partial charge is 0.494 e. The van der Waals surface area contributed by atoms with E-state index in [9.17, 15) is 0 Å². The molecule has 5 heteroatoms. The molecule has 0 saturated heterocycles. The highest BCUT2D eigenvalue weighted by molar-refractivity contribution is 5.47. The zero-order valence-electron chi connectivity index (χ0n) is 11.5. The maximum absolute atomic E-state index is 5.74. The van der Waals surface area contributed by atoms with E-state index in [0.29, 0.717) is 6.54 Å². The maximum Gasteiger partial charge on any atom is 0.144 e. The Hall–Kier alpha value is -1.88. The molecule has 102 valence electrons. The molecule has 0 radical (unpaired) electrons. The second kappa shape index (κ2) is 6.33. The number of methoxy groups -OCH3 is 1. The van der Waals surface area contributed by atoms with Crippen molar-refractivity contribution in [3.63, 3.8) is 0 Å². The molecule has 0 aliphatic carbocycles. The molecular weight excluding hydrogens is 240 g/mol. The molecule has 0 bridgehead atoms. The van der Waals surface area contributed by atoms with Gasteiger partial charge in [-0.15, -0.1) is 5.10 Å². The van der Waals surface area contributed by atoms with Crippen molar-refractivity contribution in [3.8, 4) is 11.4 Å². The Kier molecular flexibility index (Phi) is 4.52. The molecule has 2 aromatic rings. The Balaban J connectivity index is 2.46. The zero-order chi connectivity index (χ0) is 13.7. The predicted octanol–water partition coefficient (Wildman–Crippen LogP) is 2.08. The fourth-order valence-corrected chi connectivity index (χ4v) is 2.08. The van der Waals surface area contributed by atoms with Crippen molar-refractivity contribution in [2.24, 2.45) is 5.73 Å². The number of benzene rings is 1. The number of aromatic nitrogens is 3. The summed E-state index contributed by atoms with van der Waals surface area (Å²) in [5.74, 6) is 0.786. The lowest BCUT2D eigenvalue weighted by Crippen LogP contribution is -2.07. The first-order chi connectivity index (χ1) is 9.31. The second-order valence-electron chi connectivity index (χ2n) is 4.37. The molecule has 5 nitrogen and oxygen atoms in total. The minimum Gasteiger partial charge on any atom is -0.494 e. The molecule has 1 aromatic carbocycles. The Labute approximate surface area is 113 Å². The van der Waals surface area contributed by atoms with E-state index in [1.165, 1.54) is 0 Å². The summed E-state index contributed by atoms with van der Waals surface area (Å²) in [6.45, 7) is 2.58. The molecule has 2 N–H and O–H groups in total. The van der Waals surface area contributed by atoms with Gasteiger partial charge in [-0.2, -0.15) is 0 Å². The summed E-state index contributed by atoms with van der Waals surface area (Å²) < 4.78 is 7.23.